The molecule has 5 heteroatoms. The second-order valence-electron chi connectivity index (χ2n) is 5.15. The highest BCUT2D eigenvalue weighted by Crippen LogP contribution is 2.28. The zero-order valence-electron chi connectivity index (χ0n) is 12.8. The molecule has 2 N–H and O–H groups in total. The molecule has 0 unspecified atom stereocenters. The van der Waals surface area contributed by atoms with Gasteiger partial charge in [0.05, 0.1) is 5.69 Å². The molecule has 0 atom stereocenters. The highest BCUT2D eigenvalue weighted by Gasteiger charge is 2.17. The number of amides is 1. The first-order valence-electron chi connectivity index (χ1n) is 7.22. The number of aryl methyl sites for hydroxylation is 1. The molecule has 0 aliphatic carbocycles. The summed E-state index contributed by atoms with van der Waals surface area (Å²) in [5, 5.41) is 6.38. The summed E-state index contributed by atoms with van der Waals surface area (Å²) in [6.45, 7) is 1.84. The summed E-state index contributed by atoms with van der Waals surface area (Å²) in [6, 6.07) is 14.4. The SMILES string of the molecule is CNc1c(NC(=O)c2ccccc2C)c(=O)oc2ccccc12. The van der Waals surface area contributed by atoms with Crippen molar-refractivity contribution in [2.24, 2.45) is 0 Å². The molecule has 1 amide bonds. The number of para-hydroxylation sites is 1. The lowest BCUT2D eigenvalue weighted by Gasteiger charge is -2.12. The number of hydrogen-bond donors (Lipinski definition) is 2. The van der Waals surface area contributed by atoms with Crippen LogP contribution in [0.1, 0.15) is 15.9 Å². The van der Waals surface area contributed by atoms with Gasteiger partial charge in [-0.2, -0.15) is 0 Å². The Morgan fingerprint density at radius 1 is 1.00 bits per heavy atom. The Labute approximate surface area is 132 Å². The van der Waals surface area contributed by atoms with E-state index in [-0.39, 0.29) is 11.6 Å². The molecule has 0 aliphatic rings. The average Bonchev–Trinajstić information content (AvgIpc) is 2.55. The van der Waals surface area contributed by atoms with Crippen molar-refractivity contribution in [3.05, 3.63) is 70.1 Å². The molecule has 0 aliphatic heterocycles. The van der Waals surface area contributed by atoms with Crippen molar-refractivity contribution in [1.82, 2.24) is 0 Å². The molecular formula is C18H16N2O3. The second kappa shape index (κ2) is 5.96. The van der Waals surface area contributed by atoms with Crippen LogP contribution in [0.5, 0.6) is 0 Å². The van der Waals surface area contributed by atoms with Gasteiger partial charge in [0.15, 0.2) is 5.69 Å². The van der Waals surface area contributed by atoms with Gasteiger partial charge in [0.25, 0.3) is 5.91 Å². The Morgan fingerprint density at radius 2 is 1.70 bits per heavy atom. The van der Waals surface area contributed by atoms with Gasteiger partial charge >= 0.3 is 5.63 Å². The normalized spacial score (nSPS) is 10.5. The lowest BCUT2D eigenvalue weighted by molar-refractivity contribution is 0.102. The fourth-order valence-electron chi connectivity index (χ4n) is 2.53. The van der Waals surface area contributed by atoms with Crippen molar-refractivity contribution in [3.8, 4) is 0 Å². The van der Waals surface area contributed by atoms with Crippen LogP contribution in [0.15, 0.2) is 57.7 Å². The van der Waals surface area contributed by atoms with E-state index in [9.17, 15) is 9.59 Å². The fraction of sp³-hybridized carbons (Fsp3) is 0.111. The molecule has 0 saturated carbocycles. The number of fused-ring (bicyclic) bond motifs is 1. The molecule has 3 aromatic rings. The van der Waals surface area contributed by atoms with Crippen molar-refractivity contribution in [2.45, 2.75) is 6.92 Å². The predicted molar refractivity (Wildman–Crippen MR) is 91.2 cm³/mol. The quantitative estimate of drug-likeness (QED) is 0.728. The van der Waals surface area contributed by atoms with Crippen molar-refractivity contribution in [3.63, 3.8) is 0 Å². The zero-order chi connectivity index (χ0) is 16.4. The molecule has 1 aromatic heterocycles. The van der Waals surface area contributed by atoms with Gasteiger partial charge in [-0.05, 0) is 30.7 Å². The minimum absolute atomic E-state index is 0.111. The molecule has 1 heterocycles. The van der Waals surface area contributed by atoms with E-state index < -0.39 is 5.63 Å². The first kappa shape index (κ1) is 14.8. The van der Waals surface area contributed by atoms with E-state index in [1.807, 2.05) is 31.2 Å². The van der Waals surface area contributed by atoms with E-state index in [0.717, 1.165) is 10.9 Å². The molecule has 2 aromatic carbocycles. The van der Waals surface area contributed by atoms with Crippen molar-refractivity contribution >= 4 is 28.3 Å². The Hall–Kier alpha value is -3.08. The van der Waals surface area contributed by atoms with Crippen molar-refractivity contribution < 1.29 is 9.21 Å². The van der Waals surface area contributed by atoms with Crippen molar-refractivity contribution in [2.75, 3.05) is 17.7 Å². The van der Waals surface area contributed by atoms with E-state index in [1.165, 1.54) is 0 Å². The lowest BCUT2D eigenvalue weighted by Crippen LogP contribution is -2.20. The number of nitrogens with one attached hydrogen (secondary N) is 2. The number of benzene rings is 2. The van der Waals surface area contributed by atoms with Crippen molar-refractivity contribution in [1.29, 1.82) is 0 Å². The zero-order valence-corrected chi connectivity index (χ0v) is 12.8. The number of carbonyl (C=O) groups is 1. The number of hydrogen-bond acceptors (Lipinski definition) is 4. The highest BCUT2D eigenvalue weighted by molar-refractivity contribution is 6.09. The van der Waals surface area contributed by atoms with E-state index in [4.69, 9.17) is 4.42 Å². The summed E-state index contributed by atoms with van der Waals surface area (Å²) in [5.74, 6) is -0.345. The number of carbonyl (C=O) groups excluding carboxylic acids is 1. The first-order valence-corrected chi connectivity index (χ1v) is 7.22. The summed E-state index contributed by atoms with van der Waals surface area (Å²) in [7, 11) is 1.70. The maximum Gasteiger partial charge on any atom is 0.362 e. The minimum atomic E-state index is -0.588. The van der Waals surface area contributed by atoms with Crippen LogP contribution in [0.3, 0.4) is 0 Å². The van der Waals surface area contributed by atoms with Crippen LogP contribution in [0.2, 0.25) is 0 Å². The third kappa shape index (κ3) is 2.68. The van der Waals surface area contributed by atoms with Crippen LogP contribution >= 0.6 is 0 Å². The Kier molecular flexibility index (Phi) is 3.85. The summed E-state index contributed by atoms with van der Waals surface area (Å²) in [4.78, 5) is 24.7. The van der Waals surface area contributed by atoms with Crippen LogP contribution < -0.4 is 16.3 Å². The summed E-state index contributed by atoms with van der Waals surface area (Å²) >= 11 is 0. The fourth-order valence-corrected chi connectivity index (χ4v) is 2.53. The van der Waals surface area contributed by atoms with E-state index in [1.54, 1.807) is 31.3 Å². The van der Waals surface area contributed by atoms with E-state index in [2.05, 4.69) is 10.6 Å². The topological polar surface area (TPSA) is 71.3 Å². The minimum Gasteiger partial charge on any atom is -0.421 e. The molecule has 0 spiro atoms. The smallest absolute Gasteiger partial charge is 0.362 e. The molecule has 0 fully saturated rings. The highest BCUT2D eigenvalue weighted by atomic mass is 16.4. The molecule has 23 heavy (non-hydrogen) atoms. The number of rotatable bonds is 3. The predicted octanol–water partition coefficient (Wildman–Crippen LogP) is 3.40. The number of anilines is 2. The third-order valence-electron chi connectivity index (χ3n) is 3.69. The van der Waals surface area contributed by atoms with Gasteiger partial charge in [-0.3, -0.25) is 4.79 Å². The van der Waals surface area contributed by atoms with Gasteiger partial charge in [-0.15, -0.1) is 0 Å². The van der Waals surface area contributed by atoms with Gasteiger partial charge in [0.2, 0.25) is 0 Å². The lowest BCUT2D eigenvalue weighted by atomic mass is 10.1. The monoisotopic (exact) mass is 308 g/mol. The summed E-state index contributed by atoms with van der Waals surface area (Å²) in [6.07, 6.45) is 0. The standard InChI is InChI=1S/C18H16N2O3/c1-11-7-3-4-8-12(11)17(21)20-16-15(19-2)13-9-5-6-10-14(13)23-18(16)22/h3-10,19H,1-2H3,(H,20,21). The van der Waals surface area contributed by atoms with Crippen LogP contribution in [0.4, 0.5) is 11.4 Å². The summed E-state index contributed by atoms with van der Waals surface area (Å²) in [5.41, 5.74) is 1.88. The molecule has 5 nitrogen and oxygen atoms in total. The Morgan fingerprint density at radius 3 is 2.43 bits per heavy atom. The van der Waals surface area contributed by atoms with Crippen LogP contribution in [-0.4, -0.2) is 13.0 Å². The maximum atomic E-state index is 12.5. The van der Waals surface area contributed by atoms with Gasteiger partial charge in [-0.1, -0.05) is 30.3 Å². The molecule has 116 valence electrons. The van der Waals surface area contributed by atoms with Gasteiger partial charge in [-0.25, -0.2) is 4.79 Å². The van der Waals surface area contributed by atoms with Gasteiger partial charge < -0.3 is 15.1 Å². The van der Waals surface area contributed by atoms with Crippen LogP contribution in [0, 0.1) is 6.92 Å². The molecule has 3 rings (SSSR count). The second-order valence-corrected chi connectivity index (χ2v) is 5.15. The van der Waals surface area contributed by atoms with E-state index >= 15 is 0 Å². The van der Waals surface area contributed by atoms with Crippen LogP contribution in [-0.2, 0) is 0 Å². The first-order chi connectivity index (χ1) is 11.1. The average molecular weight is 308 g/mol. The van der Waals surface area contributed by atoms with Gasteiger partial charge in [0.1, 0.15) is 5.58 Å². The molecule has 0 bridgehead atoms. The molecule has 0 saturated heterocycles. The van der Waals surface area contributed by atoms with Crippen LogP contribution in [0.25, 0.3) is 11.0 Å². The van der Waals surface area contributed by atoms with E-state index in [0.29, 0.717) is 16.8 Å². The summed E-state index contributed by atoms with van der Waals surface area (Å²) < 4.78 is 5.29. The van der Waals surface area contributed by atoms with Gasteiger partial charge in [0, 0.05) is 18.0 Å². The Bertz CT molecular complexity index is 944. The molecule has 0 radical (unpaired) electrons. The molecular weight excluding hydrogens is 292 g/mol. The third-order valence-corrected chi connectivity index (χ3v) is 3.69. The Balaban J connectivity index is 2.10. The largest absolute Gasteiger partial charge is 0.421 e. The maximum absolute atomic E-state index is 12.5.